The maximum absolute atomic E-state index is 10.2. The fraction of sp³-hybridized carbons (Fsp3) is 0.286. The zero-order valence-corrected chi connectivity index (χ0v) is 14.5. The lowest BCUT2D eigenvalue weighted by molar-refractivity contribution is 0.0126. The molecule has 1 atom stereocenters. The van der Waals surface area contributed by atoms with Crippen molar-refractivity contribution in [2.45, 2.75) is 19.3 Å². The van der Waals surface area contributed by atoms with Crippen molar-refractivity contribution >= 4 is 10.9 Å². The molecular weight excluding hydrogens is 312 g/mol. The second-order valence-corrected chi connectivity index (χ2v) is 6.35. The Bertz CT molecular complexity index is 792. The molecule has 0 aliphatic rings. The molecule has 1 aromatic heterocycles. The van der Waals surface area contributed by atoms with Gasteiger partial charge in [-0.05, 0) is 24.7 Å². The number of hydrogen-bond donors (Lipinski definition) is 1. The van der Waals surface area contributed by atoms with Gasteiger partial charge in [-0.3, -0.25) is 9.88 Å². The molecule has 130 valence electrons. The molecule has 1 unspecified atom stereocenters. The minimum absolute atomic E-state index is 0.324. The van der Waals surface area contributed by atoms with Gasteiger partial charge < -0.3 is 9.84 Å². The summed E-state index contributed by atoms with van der Waals surface area (Å²) in [7, 11) is 1.98. The van der Waals surface area contributed by atoms with Gasteiger partial charge >= 0.3 is 0 Å². The summed E-state index contributed by atoms with van der Waals surface area (Å²) in [5.41, 5.74) is 3.11. The van der Waals surface area contributed by atoms with Crippen LogP contribution in [0, 0.1) is 0 Å². The quantitative estimate of drug-likeness (QED) is 0.686. The number of nitrogens with zero attached hydrogens (tertiary/aromatic N) is 2. The molecule has 1 heterocycles. The van der Waals surface area contributed by atoms with Gasteiger partial charge in [0, 0.05) is 18.5 Å². The molecule has 1 N–H and O–H groups in total. The van der Waals surface area contributed by atoms with Crippen LogP contribution in [-0.4, -0.2) is 41.3 Å². The summed E-state index contributed by atoms with van der Waals surface area (Å²) in [6.07, 6.45) is -0.519. The van der Waals surface area contributed by atoms with Crippen molar-refractivity contribution in [3.8, 4) is 0 Å². The highest BCUT2D eigenvalue weighted by molar-refractivity contribution is 5.78. The first-order chi connectivity index (χ1) is 12.2. The number of aliphatic hydroxyl groups is 1. The van der Waals surface area contributed by atoms with Crippen LogP contribution in [0.4, 0.5) is 0 Å². The number of aromatic nitrogens is 1. The molecule has 3 aromatic rings. The average Bonchev–Trinajstić information content (AvgIpc) is 2.62. The van der Waals surface area contributed by atoms with E-state index in [9.17, 15) is 5.11 Å². The number of rotatable bonds is 8. The molecule has 0 spiro atoms. The van der Waals surface area contributed by atoms with Crippen molar-refractivity contribution in [1.82, 2.24) is 9.88 Å². The van der Waals surface area contributed by atoms with Crippen molar-refractivity contribution in [3.05, 3.63) is 78.0 Å². The van der Waals surface area contributed by atoms with E-state index in [-0.39, 0.29) is 0 Å². The normalized spacial score (nSPS) is 12.6. The summed E-state index contributed by atoms with van der Waals surface area (Å²) < 4.78 is 5.60. The second kappa shape index (κ2) is 8.72. The van der Waals surface area contributed by atoms with Crippen molar-refractivity contribution in [2.75, 3.05) is 20.2 Å². The Hall–Kier alpha value is -2.27. The molecule has 4 nitrogen and oxygen atoms in total. The van der Waals surface area contributed by atoms with Crippen LogP contribution in [0.1, 0.15) is 11.3 Å². The number of fused-ring (bicyclic) bond motifs is 1. The van der Waals surface area contributed by atoms with Crippen LogP contribution < -0.4 is 0 Å². The SMILES string of the molecule is CN(Cc1ccc2ccccc2n1)CC(O)COCc1ccccc1. The first-order valence-electron chi connectivity index (χ1n) is 8.53. The average molecular weight is 336 g/mol. The minimum atomic E-state index is -0.519. The topological polar surface area (TPSA) is 45.6 Å². The number of ether oxygens (including phenoxy) is 1. The van der Waals surface area contributed by atoms with Crippen LogP contribution in [0.3, 0.4) is 0 Å². The van der Waals surface area contributed by atoms with Crippen molar-refractivity contribution in [1.29, 1.82) is 0 Å². The van der Waals surface area contributed by atoms with Crippen molar-refractivity contribution < 1.29 is 9.84 Å². The summed E-state index contributed by atoms with van der Waals surface area (Å²) in [5, 5.41) is 11.3. The minimum Gasteiger partial charge on any atom is -0.389 e. The third kappa shape index (κ3) is 5.36. The monoisotopic (exact) mass is 336 g/mol. The smallest absolute Gasteiger partial charge is 0.0900 e. The number of benzene rings is 2. The van der Waals surface area contributed by atoms with E-state index < -0.39 is 6.10 Å². The number of likely N-dealkylation sites (N-methyl/N-ethyl adjacent to an activating group) is 1. The third-order valence-electron chi connectivity index (χ3n) is 4.03. The molecular formula is C21H24N2O2. The van der Waals surface area contributed by atoms with Gasteiger partial charge in [0.2, 0.25) is 0 Å². The van der Waals surface area contributed by atoms with Crippen molar-refractivity contribution in [3.63, 3.8) is 0 Å². The molecule has 0 radical (unpaired) electrons. The van der Waals surface area contributed by atoms with Gasteiger partial charge in [0.25, 0.3) is 0 Å². The fourth-order valence-electron chi connectivity index (χ4n) is 2.84. The predicted octanol–water partition coefficient (Wildman–Crippen LogP) is 3.24. The van der Waals surface area contributed by atoms with Gasteiger partial charge in [-0.2, -0.15) is 0 Å². The molecule has 0 saturated heterocycles. The largest absolute Gasteiger partial charge is 0.389 e. The van der Waals surface area contributed by atoms with Crippen molar-refractivity contribution in [2.24, 2.45) is 0 Å². The highest BCUT2D eigenvalue weighted by atomic mass is 16.5. The lowest BCUT2D eigenvalue weighted by Gasteiger charge is -2.20. The molecule has 0 bridgehead atoms. The maximum atomic E-state index is 10.2. The van der Waals surface area contributed by atoms with Crippen LogP contribution in [0.5, 0.6) is 0 Å². The summed E-state index contributed by atoms with van der Waals surface area (Å²) in [6, 6.07) is 22.2. The van der Waals surface area contributed by atoms with E-state index >= 15 is 0 Å². The van der Waals surface area contributed by atoms with E-state index in [1.54, 1.807) is 0 Å². The molecule has 3 rings (SSSR count). The van der Waals surface area contributed by atoms with E-state index in [0.29, 0.717) is 26.3 Å². The number of aliphatic hydroxyl groups excluding tert-OH is 1. The lowest BCUT2D eigenvalue weighted by Crippen LogP contribution is -2.32. The second-order valence-electron chi connectivity index (χ2n) is 6.35. The van der Waals surface area contributed by atoms with Gasteiger partial charge in [0.15, 0.2) is 0 Å². The van der Waals surface area contributed by atoms with Crippen LogP contribution >= 0.6 is 0 Å². The Morgan fingerprint density at radius 2 is 1.76 bits per heavy atom. The van der Waals surface area contributed by atoms with Gasteiger partial charge in [-0.1, -0.05) is 54.6 Å². The van der Waals surface area contributed by atoms with Crippen LogP contribution in [0.2, 0.25) is 0 Å². The Balaban J connectivity index is 1.45. The first-order valence-corrected chi connectivity index (χ1v) is 8.53. The van der Waals surface area contributed by atoms with Crippen LogP contribution in [0.25, 0.3) is 10.9 Å². The van der Waals surface area contributed by atoms with Gasteiger partial charge in [-0.25, -0.2) is 0 Å². The fourth-order valence-corrected chi connectivity index (χ4v) is 2.84. The molecule has 0 amide bonds. The van der Waals surface area contributed by atoms with E-state index in [1.165, 1.54) is 0 Å². The number of para-hydroxylation sites is 1. The standard InChI is InChI=1S/C21H24N2O2/c1-23(13-19-12-11-18-9-5-6-10-21(18)22-19)14-20(24)16-25-15-17-7-3-2-4-8-17/h2-12,20,24H,13-16H2,1H3. The molecule has 2 aromatic carbocycles. The van der Waals surface area contributed by atoms with E-state index in [4.69, 9.17) is 4.74 Å². The zero-order valence-electron chi connectivity index (χ0n) is 14.5. The highest BCUT2D eigenvalue weighted by Gasteiger charge is 2.10. The van der Waals surface area contributed by atoms with E-state index in [2.05, 4.69) is 22.0 Å². The summed E-state index contributed by atoms with van der Waals surface area (Å²) in [6.45, 7) is 2.09. The van der Waals surface area contributed by atoms with Crippen LogP contribution in [0.15, 0.2) is 66.7 Å². The Kier molecular flexibility index (Phi) is 6.12. The Morgan fingerprint density at radius 3 is 2.60 bits per heavy atom. The Morgan fingerprint density at radius 1 is 1.00 bits per heavy atom. The first kappa shape index (κ1) is 17.5. The molecule has 4 heteroatoms. The molecule has 0 aliphatic heterocycles. The molecule has 0 saturated carbocycles. The summed E-state index contributed by atoms with van der Waals surface area (Å²) in [5.74, 6) is 0. The third-order valence-corrected chi connectivity index (χ3v) is 4.03. The number of pyridine rings is 1. The molecule has 25 heavy (non-hydrogen) atoms. The number of hydrogen-bond acceptors (Lipinski definition) is 4. The summed E-state index contributed by atoms with van der Waals surface area (Å²) in [4.78, 5) is 6.73. The summed E-state index contributed by atoms with van der Waals surface area (Å²) >= 11 is 0. The van der Waals surface area contributed by atoms with E-state index in [0.717, 1.165) is 22.2 Å². The van der Waals surface area contributed by atoms with Gasteiger partial charge in [-0.15, -0.1) is 0 Å². The zero-order chi connectivity index (χ0) is 17.5. The molecule has 0 aliphatic carbocycles. The molecule has 0 fully saturated rings. The predicted molar refractivity (Wildman–Crippen MR) is 100 cm³/mol. The van der Waals surface area contributed by atoms with E-state index in [1.807, 2.05) is 61.6 Å². The maximum Gasteiger partial charge on any atom is 0.0900 e. The highest BCUT2D eigenvalue weighted by Crippen LogP contribution is 2.12. The lowest BCUT2D eigenvalue weighted by atomic mass is 10.2. The Labute approximate surface area is 148 Å². The van der Waals surface area contributed by atoms with Crippen LogP contribution in [-0.2, 0) is 17.9 Å². The van der Waals surface area contributed by atoms with Gasteiger partial charge in [0.1, 0.15) is 0 Å². The van der Waals surface area contributed by atoms with Gasteiger partial charge in [0.05, 0.1) is 30.5 Å².